The van der Waals surface area contributed by atoms with Crippen molar-refractivity contribution in [2.24, 2.45) is 0 Å². The van der Waals surface area contributed by atoms with Crippen LogP contribution in [0.2, 0.25) is 0 Å². The maximum Gasteiger partial charge on any atom is 0.254 e. The number of hydrogen-bond acceptors (Lipinski definition) is 5. The number of rotatable bonds is 4. The van der Waals surface area contributed by atoms with Crippen molar-refractivity contribution >= 4 is 29.2 Å². The molecule has 0 bridgehead atoms. The zero-order valence-corrected chi connectivity index (χ0v) is 18.5. The van der Waals surface area contributed by atoms with Crippen molar-refractivity contribution in [3.05, 3.63) is 76.9 Å². The first-order chi connectivity index (χ1) is 16.1. The number of piperazine rings is 1. The fourth-order valence-corrected chi connectivity index (χ4v) is 4.79. The highest BCUT2D eigenvalue weighted by atomic mass is 32.1. The van der Waals surface area contributed by atoms with Crippen molar-refractivity contribution in [2.75, 3.05) is 33.0 Å². The number of benzene rings is 2. The molecule has 0 aliphatic carbocycles. The quantitative estimate of drug-likeness (QED) is 0.541. The summed E-state index contributed by atoms with van der Waals surface area (Å²) in [5.74, 6) is 0.757. The number of amides is 2. The third-order valence-corrected chi connectivity index (χ3v) is 6.74. The van der Waals surface area contributed by atoms with E-state index < -0.39 is 0 Å². The molecule has 0 spiro atoms. The third kappa shape index (κ3) is 4.47. The van der Waals surface area contributed by atoms with Gasteiger partial charge in [-0.05, 0) is 42.5 Å². The first-order valence-corrected chi connectivity index (χ1v) is 11.4. The SMILES string of the molecule is O=C(C=Cc1ccc(-c2ccccc2F)s1)N1CCN(C(=O)c2ccc3c(c2)OCO3)CC1. The van der Waals surface area contributed by atoms with Gasteiger partial charge in [0.1, 0.15) is 5.82 Å². The number of nitrogens with zero attached hydrogens (tertiary/aromatic N) is 2. The van der Waals surface area contributed by atoms with Crippen LogP contribution in [0.3, 0.4) is 0 Å². The van der Waals surface area contributed by atoms with Crippen LogP contribution in [0.5, 0.6) is 11.5 Å². The Balaban J connectivity index is 1.17. The summed E-state index contributed by atoms with van der Waals surface area (Å²) in [5, 5.41) is 0. The first-order valence-electron chi connectivity index (χ1n) is 10.6. The summed E-state index contributed by atoms with van der Waals surface area (Å²) in [5.41, 5.74) is 1.10. The monoisotopic (exact) mass is 464 g/mol. The highest BCUT2D eigenvalue weighted by molar-refractivity contribution is 7.16. The second kappa shape index (κ2) is 9.07. The largest absolute Gasteiger partial charge is 0.454 e. The van der Waals surface area contributed by atoms with E-state index in [-0.39, 0.29) is 24.4 Å². The van der Waals surface area contributed by atoms with E-state index in [1.54, 1.807) is 52.3 Å². The molecule has 0 saturated carbocycles. The molecule has 2 amide bonds. The number of carbonyl (C=O) groups excluding carboxylic acids is 2. The molecule has 3 aromatic rings. The second-order valence-electron chi connectivity index (χ2n) is 7.70. The Morgan fingerprint density at radius 3 is 2.48 bits per heavy atom. The summed E-state index contributed by atoms with van der Waals surface area (Å²) in [4.78, 5) is 30.6. The van der Waals surface area contributed by atoms with Crippen LogP contribution >= 0.6 is 11.3 Å². The van der Waals surface area contributed by atoms with Crippen molar-refractivity contribution in [3.8, 4) is 21.9 Å². The van der Waals surface area contributed by atoms with Gasteiger partial charge in [0.2, 0.25) is 12.7 Å². The van der Waals surface area contributed by atoms with Gasteiger partial charge in [-0.1, -0.05) is 18.2 Å². The molecule has 2 aliphatic heterocycles. The average Bonchev–Trinajstić information content (AvgIpc) is 3.51. The smallest absolute Gasteiger partial charge is 0.254 e. The molecule has 0 radical (unpaired) electrons. The maximum absolute atomic E-state index is 14.0. The van der Waals surface area contributed by atoms with Crippen molar-refractivity contribution in [1.82, 2.24) is 9.80 Å². The van der Waals surface area contributed by atoms with Crippen LogP contribution in [0.15, 0.2) is 60.7 Å². The van der Waals surface area contributed by atoms with Crippen LogP contribution in [0, 0.1) is 5.82 Å². The number of hydrogen-bond donors (Lipinski definition) is 0. The number of halogens is 1. The first kappa shape index (κ1) is 21.2. The molecule has 3 heterocycles. The van der Waals surface area contributed by atoms with Crippen LogP contribution in [-0.2, 0) is 4.79 Å². The Morgan fingerprint density at radius 1 is 0.909 bits per heavy atom. The normalized spacial score (nSPS) is 15.3. The molecule has 0 atom stereocenters. The maximum atomic E-state index is 14.0. The topological polar surface area (TPSA) is 59.1 Å². The van der Waals surface area contributed by atoms with Gasteiger partial charge in [0.05, 0.1) is 0 Å². The number of thiophene rings is 1. The van der Waals surface area contributed by atoms with Crippen LogP contribution in [0.25, 0.3) is 16.5 Å². The van der Waals surface area contributed by atoms with Crippen molar-refractivity contribution in [2.45, 2.75) is 0 Å². The van der Waals surface area contributed by atoms with E-state index in [0.29, 0.717) is 48.8 Å². The number of fused-ring (bicyclic) bond motifs is 1. The summed E-state index contributed by atoms with van der Waals surface area (Å²) in [6, 6.07) is 15.5. The van der Waals surface area contributed by atoms with Gasteiger partial charge >= 0.3 is 0 Å². The molecular weight excluding hydrogens is 443 g/mol. The number of carbonyl (C=O) groups is 2. The fourth-order valence-electron chi connectivity index (χ4n) is 3.85. The van der Waals surface area contributed by atoms with Gasteiger partial charge in [0, 0.05) is 53.1 Å². The molecule has 0 N–H and O–H groups in total. The minimum Gasteiger partial charge on any atom is -0.454 e. The van der Waals surface area contributed by atoms with Gasteiger partial charge in [-0.2, -0.15) is 0 Å². The van der Waals surface area contributed by atoms with Crippen molar-refractivity contribution in [3.63, 3.8) is 0 Å². The zero-order valence-electron chi connectivity index (χ0n) is 17.7. The third-order valence-electron chi connectivity index (χ3n) is 5.65. The predicted octanol–water partition coefficient (Wildman–Crippen LogP) is 4.28. The van der Waals surface area contributed by atoms with E-state index in [1.165, 1.54) is 23.5 Å². The molecule has 0 unspecified atom stereocenters. The summed E-state index contributed by atoms with van der Waals surface area (Å²) in [6.07, 6.45) is 3.29. The Kier molecular flexibility index (Phi) is 5.83. The summed E-state index contributed by atoms with van der Waals surface area (Å²) >= 11 is 1.43. The van der Waals surface area contributed by atoms with E-state index in [1.807, 2.05) is 12.1 Å². The minimum absolute atomic E-state index is 0.0878. The molecule has 168 valence electrons. The predicted molar refractivity (Wildman–Crippen MR) is 124 cm³/mol. The second-order valence-corrected chi connectivity index (χ2v) is 8.82. The summed E-state index contributed by atoms with van der Waals surface area (Å²) in [6.45, 7) is 2.01. The van der Waals surface area contributed by atoms with Crippen LogP contribution < -0.4 is 9.47 Å². The molecule has 1 saturated heterocycles. The van der Waals surface area contributed by atoms with E-state index in [4.69, 9.17) is 9.47 Å². The summed E-state index contributed by atoms with van der Waals surface area (Å²) in [7, 11) is 0. The highest BCUT2D eigenvalue weighted by Gasteiger charge is 2.25. The van der Waals surface area contributed by atoms with Gasteiger partial charge in [0.15, 0.2) is 11.5 Å². The van der Waals surface area contributed by atoms with E-state index in [0.717, 1.165) is 9.75 Å². The molecule has 2 aromatic carbocycles. The fraction of sp³-hybridized carbons (Fsp3) is 0.200. The molecule has 1 fully saturated rings. The lowest BCUT2D eigenvalue weighted by atomic mass is 10.1. The van der Waals surface area contributed by atoms with Gasteiger partial charge in [-0.25, -0.2) is 4.39 Å². The van der Waals surface area contributed by atoms with Gasteiger partial charge in [0.25, 0.3) is 5.91 Å². The van der Waals surface area contributed by atoms with Crippen LogP contribution in [0.1, 0.15) is 15.2 Å². The molecule has 6 nitrogen and oxygen atoms in total. The molecule has 8 heteroatoms. The van der Waals surface area contributed by atoms with E-state index in [9.17, 15) is 14.0 Å². The standard InChI is InChI=1S/C25H21FN2O4S/c26-20-4-2-1-3-19(20)23-9-6-18(33-23)7-10-24(29)27-11-13-28(14-12-27)25(30)17-5-8-21-22(15-17)32-16-31-21/h1-10,15H,11-14,16H2. The average molecular weight is 465 g/mol. The highest BCUT2D eigenvalue weighted by Crippen LogP contribution is 2.33. The van der Waals surface area contributed by atoms with Crippen molar-refractivity contribution in [1.29, 1.82) is 0 Å². The minimum atomic E-state index is -0.265. The van der Waals surface area contributed by atoms with Crippen molar-refractivity contribution < 1.29 is 23.5 Å². The molecule has 2 aliphatic rings. The Labute approximate surface area is 194 Å². The molecule has 33 heavy (non-hydrogen) atoms. The Morgan fingerprint density at radius 2 is 1.67 bits per heavy atom. The Hall–Kier alpha value is -3.65. The lowest BCUT2D eigenvalue weighted by molar-refractivity contribution is -0.127. The lowest BCUT2D eigenvalue weighted by Gasteiger charge is -2.34. The van der Waals surface area contributed by atoms with E-state index >= 15 is 0 Å². The lowest BCUT2D eigenvalue weighted by Crippen LogP contribution is -2.50. The Bertz CT molecular complexity index is 1230. The zero-order chi connectivity index (χ0) is 22.8. The van der Waals surface area contributed by atoms with Gasteiger partial charge < -0.3 is 19.3 Å². The van der Waals surface area contributed by atoms with E-state index in [2.05, 4.69) is 0 Å². The summed E-state index contributed by atoms with van der Waals surface area (Å²) < 4.78 is 24.6. The number of ether oxygens (including phenoxy) is 2. The van der Waals surface area contributed by atoms with Gasteiger partial charge in [-0.15, -0.1) is 11.3 Å². The van der Waals surface area contributed by atoms with Crippen LogP contribution in [0.4, 0.5) is 4.39 Å². The molecule has 1 aromatic heterocycles. The van der Waals surface area contributed by atoms with Crippen LogP contribution in [-0.4, -0.2) is 54.6 Å². The molecular formula is C25H21FN2O4S. The molecule has 5 rings (SSSR count). The van der Waals surface area contributed by atoms with Gasteiger partial charge in [-0.3, -0.25) is 9.59 Å².